The fourth-order valence-electron chi connectivity index (χ4n) is 2.76. The van der Waals surface area contributed by atoms with Gasteiger partial charge in [0.15, 0.2) is 0 Å². The van der Waals surface area contributed by atoms with Crippen LogP contribution in [0.5, 0.6) is 0 Å². The van der Waals surface area contributed by atoms with E-state index in [1.54, 1.807) is 12.1 Å². The Morgan fingerprint density at radius 1 is 1.28 bits per heavy atom. The minimum Gasteiger partial charge on any atom is -0.338 e. The zero-order valence-electron chi connectivity index (χ0n) is 14.3. The van der Waals surface area contributed by atoms with Gasteiger partial charge in [0.05, 0.1) is 0 Å². The SMILES string of the molecule is CCCCc1nnc(NC(=O)c2ccc(CN3CCCC3=O)cc2)s1. The maximum atomic E-state index is 12.3. The van der Waals surface area contributed by atoms with Crippen molar-refractivity contribution in [1.29, 1.82) is 0 Å². The number of hydrogen-bond donors (Lipinski definition) is 1. The summed E-state index contributed by atoms with van der Waals surface area (Å²) in [5, 5.41) is 12.4. The van der Waals surface area contributed by atoms with Crippen molar-refractivity contribution in [2.45, 2.75) is 45.6 Å². The van der Waals surface area contributed by atoms with Crippen LogP contribution >= 0.6 is 11.3 Å². The van der Waals surface area contributed by atoms with E-state index in [-0.39, 0.29) is 11.8 Å². The van der Waals surface area contributed by atoms with E-state index in [0.717, 1.165) is 42.8 Å². The molecule has 7 heteroatoms. The lowest BCUT2D eigenvalue weighted by atomic mass is 10.1. The van der Waals surface area contributed by atoms with Crippen LogP contribution in [0, 0.1) is 0 Å². The third kappa shape index (κ3) is 4.63. The summed E-state index contributed by atoms with van der Waals surface area (Å²) in [6.07, 6.45) is 4.65. The Hall–Kier alpha value is -2.28. The maximum absolute atomic E-state index is 12.3. The van der Waals surface area contributed by atoms with Gasteiger partial charge in [-0.3, -0.25) is 14.9 Å². The Labute approximate surface area is 151 Å². The maximum Gasteiger partial charge on any atom is 0.257 e. The van der Waals surface area contributed by atoms with Crippen LogP contribution in [0.25, 0.3) is 0 Å². The molecule has 1 aliphatic rings. The van der Waals surface area contributed by atoms with Crippen LogP contribution in [0.2, 0.25) is 0 Å². The van der Waals surface area contributed by atoms with Gasteiger partial charge in [0.1, 0.15) is 5.01 Å². The molecule has 3 rings (SSSR count). The molecule has 25 heavy (non-hydrogen) atoms. The number of hydrogen-bond acceptors (Lipinski definition) is 5. The molecule has 2 heterocycles. The Bertz CT molecular complexity index is 742. The van der Waals surface area contributed by atoms with Crippen LogP contribution in [0.4, 0.5) is 5.13 Å². The monoisotopic (exact) mass is 358 g/mol. The van der Waals surface area contributed by atoms with Crippen LogP contribution in [0.3, 0.4) is 0 Å². The van der Waals surface area contributed by atoms with Gasteiger partial charge in [-0.2, -0.15) is 0 Å². The molecule has 1 saturated heterocycles. The molecule has 1 aliphatic heterocycles. The smallest absolute Gasteiger partial charge is 0.257 e. The molecule has 2 aromatic rings. The zero-order chi connectivity index (χ0) is 17.6. The standard InChI is InChI=1S/C18H22N4O2S/c1-2-3-5-15-20-21-18(25-15)19-17(24)14-9-7-13(8-10-14)12-22-11-4-6-16(22)23/h7-10H,2-6,11-12H2,1H3,(H,19,21,24). The molecule has 6 nitrogen and oxygen atoms in total. The van der Waals surface area contributed by atoms with E-state index >= 15 is 0 Å². The molecular weight excluding hydrogens is 336 g/mol. The van der Waals surface area contributed by atoms with Crippen LogP contribution in [-0.4, -0.2) is 33.5 Å². The van der Waals surface area contributed by atoms with Gasteiger partial charge in [0, 0.05) is 31.5 Å². The van der Waals surface area contributed by atoms with Gasteiger partial charge in [-0.25, -0.2) is 0 Å². The average Bonchev–Trinajstić information content (AvgIpc) is 3.23. The van der Waals surface area contributed by atoms with Crippen molar-refractivity contribution in [2.75, 3.05) is 11.9 Å². The van der Waals surface area contributed by atoms with E-state index in [0.29, 0.717) is 23.7 Å². The van der Waals surface area contributed by atoms with Crippen molar-refractivity contribution in [3.8, 4) is 0 Å². The number of aromatic nitrogens is 2. The van der Waals surface area contributed by atoms with E-state index in [4.69, 9.17) is 0 Å². The topological polar surface area (TPSA) is 75.2 Å². The lowest BCUT2D eigenvalue weighted by Gasteiger charge is -2.15. The Kier molecular flexibility index (Phi) is 5.75. The molecule has 1 aromatic heterocycles. The molecular formula is C18H22N4O2S. The van der Waals surface area contributed by atoms with Crippen LogP contribution in [0.1, 0.15) is 53.5 Å². The van der Waals surface area contributed by atoms with Gasteiger partial charge in [-0.15, -0.1) is 10.2 Å². The first kappa shape index (κ1) is 17.5. The highest BCUT2D eigenvalue weighted by Crippen LogP contribution is 2.19. The number of benzene rings is 1. The number of amides is 2. The number of carbonyl (C=O) groups excluding carboxylic acids is 2. The van der Waals surface area contributed by atoms with Crippen molar-refractivity contribution >= 4 is 28.3 Å². The fraction of sp³-hybridized carbons (Fsp3) is 0.444. The molecule has 132 valence electrons. The second-order valence-electron chi connectivity index (χ2n) is 6.17. The minimum atomic E-state index is -0.193. The molecule has 0 atom stereocenters. The predicted molar refractivity (Wildman–Crippen MR) is 97.6 cm³/mol. The number of likely N-dealkylation sites (tertiary alicyclic amines) is 1. The average molecular weight is 358 g/mol. The van der Waals surface area contributed by atoms with Crippen molar-refractivity contribution in [3.05, 3.63) is 40.4 Å². The summed E-state index contributed by atoms with van der Waals surface area (Å²) in [5.74, 6) is 0.0129. The number of rotatable bonds is 7. The Balaban J connectivity index is 1.57. The summed E-state index contributed by atoms with van der Waals surface area (Å²) in [4.78, 5) is 25.8. The third-order valence-electron chi connectivity index (χ3n) is 4.19. The molecule has 0 bridgehead atoms. The second kappa shape index (κ2) is 8.20. The lowest BCUT2D eigenvalue weighted by Crippen LogP contribution is -2.23. The van der Waals surface area contributed by atoms with E-state index < -0.39 is 0 Å². The van der Waals surface area contributed by atoms with Crippen LogP contribution in [-0.2, 0) is 17.8 Å². The third-order valence-corrected chi connectivity index (χ3v) is 5.09. The van der Waals surface area contributed by atoms with Gasteiger partial charge in [0.2, 0.25) is 11.0 Å². The quantitative estimate of drug-likeness (QED) is 0.824. The molecule has 0 unspecified atom stereocenters. The molecule has 1 N–H and O–H groups in total. The first-order chi connectivity index (χ1) is 12.2. The summed E-state index contributed by atoms with van der Waals surface area (Å²) in [7, 11) is 0. The van der Waals surface area contributed by atoms with Crippen molar-refractivity contribution in [2.24, 2.45) is 0 Å². The van der Waals surface area contributed by atoms with Crippen LogP contribution in [0.15, 0.2) is 24.3 Å². The van der Waals surface area contributed by atoms with E-state index in [9.17, 15) is 9.59 Å². The number of unbranched alkanes of at least 4 members (excludes halogenated alkanes) is 1. The summed E-state index contributed by atoms with van der Waals surface area (Å²) in [6, 6.07) is 7.36. The molecule has 1 fully saturated rings. The molecule has 0 aliphatic carbocycles. The number of aryl methyl sites for hydroxylation is 1. The minimum absolute atomic E-state index is 0.193. The van der Waals surface area contributed by atoms with Crippen molar-refractivity contribution < 1.29 is 9.59 Å². The predicted octanol–water partition coefficient (Wildman–Crippen LogP) is 3.26. The van der Waals surface area contributed by atoms with Gasteiger partial charge in [-0.05, 0) is 30.5 Å². The summed E-state index contributed by atoms with van der Waals surface area (Å²) >= 11 is 1.42. The molecule has 2 amide bonds. The van der Waals surface area contributed by atoms with Gasteiger partial charge < -0.3 is 4.90 Å². The number of nitrogens with one attached hydrogen (secondary N) is 1. The summed E-state index contributed by atoms with van der Waals surface area (Å²) in [5.41, 5.74) is 1.60. The van der Waals surface area contributed by atoms with E-state index in [1.807, 2.05) is 17.0 Å². The highest BCUT2D eigenvalue weighted by molar-refractivity contribution is 7.15. The Morgan fingerprint density at radius 2 is 2.08 bits per heavy atom. The summed E-state index contributed by atoms with van der Waals surface area (Å²) in [6.45, 7) is 3.56. The van der Waals surface area contributed by atoms with Gasteiger partial charge in [0.25, 0.3) is 5.91 Å². The first-order valence-corrected chi connectivity index (χ1v) is 9.48. The normalized spacial score (nSPS) is 14.1. The molecule has 0 saturated carbocycles. The van der Waals surface area contributed by atoms with E-state index in [1.165, 1.54) is 11.3 Å². The number of nitrogens with zero attached hydrogens (tertiary/aromatic N) is 3. The summed E-state index contributed by atoms with van der Waals surface area (Å²) < 4.78 is 0. The van der Waals surface area contributed by atoms with Gasteiger partial charge in [-0.1, -0.05) is 36.8 Å². The molecule has 1 aromatic carbocycles. The van der Waals surface area contributed by atoms with Gasteiger partial charge >= 0.3 is 0 Å². The van der Waals surface area contributed by atoms with Crippen LogP contribution < -0.4 is 5.32 Å². The van der Waals surface area contributed by atoms with Crippen molar-refractivity contribution in [3.63, 3.8) is 0 Å². The zero-order valence-corrected chi connectivity index (χ0v) is 15.1. The Morgan fingerprint density at radius 3 is 2.76 bits per heavy atom. The largest absolute Gasteiger partial charge is 0.338 e. The molecule has 0 spiro atoms. The van der Waals surface area contributed by atoms with E-state index in [2.05, 4.69) is 22.4 Å². The highest BCUT2D eigenvalue weighted by Gasteiger charge is 2.20. The number of carbonyl (C=O) groups is 2. The lowest BCUT2D eigenvalue weighted by molar-refractivity contribution is -0.128. The second-order valence-corrected chi connectivity index (χ2v) is 7.24. The molecule has 0 radical (unpaired) electrons. The number of anilines is 1. The fourth-order valence-corrected chi connectivity index (χ4v) is 3.53. The first-order valence-electron chi connectivity index (χ1n) is 8.66. The van der Waals surface area contributed by atoms with Crippen molar-refractivity contribution in [1.82, 2.24) is 15.1 Å². The highest BCUT2D eigenvalue weighted by atomic mass is 32.1.